The molecule has 0 aliphatic carbocycles. The predicted octanol–water partition coefficient (Wildman–Crippen LogP) is 4.83. The summed E-state index contributed by atoms with van der Waals surface area (Å²) in [6.45, 7) is 7.38. The molecule has 0 spiro atoms. The molecule has 6 rings (SSSR count). The van der Waals surface area contributed by atoms with Crippen molar-refractivity contribution in [1.29, 1.82) is 0 Å². The van der Waals surface area contributed by atoms with Crippen molar-refractivity contribution >= 4 is 45.1 Å². The summed E-state index contributed by atoms with van der Waals surface area (Å²) >= 11 is 6.79. The Kier molecular flexibility index (Phi) is 7.44. The third-order valence-electron chi connectivity index (χ3n) is 7.88. The highest BCUT2D eigenvalue weighted by molar-refractivity contribution is 6.35. The molecule has 13 heteroatoms. The zero-order chi connectivity index (χ0) is 29.6. The van der Waals surface area contributed by atoms with Crippen LogP contribution in [0.25, 0.3) is 32.9 Å². The standard InChI is InChI=1S/C29H29ClF3N7O2/c1-3-22(41)39-8-10-40(11-9-39)27-18-14-20(30)24(23-17(2)4-5-21-19(23)15-34-37-21)25(31)26(18)35-28(36-27)42-13-12-38-7-6-29(32,33)16-38/h3-5,14-15H,1,6-13,16H2,2H3,(H,34,37). The Labute approximate surface area is 244 Å². The Morgan fingerprint density at radius 2 is 1.95 bits per heavy atom. The third kappa shape index (κ3) is 5.24. The number of benzene rings is 2. The molecule has 42 heavy (non-hydrogen) atoms. The predicted molar refractivity (Wildman–Crippen MR) is 155 cm³/mol. The summed E-state index contributed by atoms with van der Waals surface area (Å²) in [7, 11) is 0. The fraction of sp³-hybridized carbons (Fsp3) is 0.379. The number of rotatable bonds is 7. The molecule has 4 aromatic rings. The van der Waals surface area contributed by atoms with E-state index >= 15 is 4.39 Å². The number of H-pyrrole nitrogens is 1. The van der Waals surface area contributed by atoms with Gasteiger partial charge >= 0.3 is 6.01 Å². The van der Waals surface area contributed by atoms with Crippen LogP contribution in [0.5, 0.6) is 6.01 Å². The maximum Gasteiger partial charge on any atom is 0.319 e. The van der Waals surface area contributed by atoms with E-state index in [1.807, 2.05) is 24.0 Å². The van der Waals surface area contributed by atoms with Gasteiger partial charge in [0.1, 0.15) is 17.9 Å². The minimum absolute atomic E-state index is 0.0200. The van der Waals surface area contributed by atoms with E-state index in [1.54, 1.807) is 22.1 Å². The van der Waals surface area contributed by atoms with E-state index in [-0.39, 0.29) is 60.7 Å². The van der Waals surface area contributed by atoms with Crippen LogP contribution in [-0.2, 0) is 4.79 Å². The quantitative estimate of drug-likeness (QED) is 0.304. The number of ether oxygens (including phenoxy) is 1. The number of fused-ring (bicyclic) bond motifs is 2. The van der Waals surface area contributed by atoms with Crippen LogP contribution >= 0.6 is 11.6 Å². The van der Waals surface area contributed by atoms with Gasteiger partial charge in [0, 0.05) is 67.6 Å². The Balaban J connectivity index is 1.41. The summed E-state index contributed by atoms with van der Waals surface area (Å²) in [6, 6.07) is 5.31. The zero-order valence-corrected chi connectivity index (χ0v) is 23.7. The van der Waals surface area contributed by atoms with Gasteiger partial charge in [-0.3, -0.25) is 14.8 Å². The van der Waals surface area contributed by atoms with Crippen molar-refractivity contribution in [3.05, 3.63) is 53.5 Å². The molecule has 2 aliphatic heterocycles. The number of piperazine rings is 1. The number of carbonyl (C=O) groups excluding carboxylic acids is 1. The fourth-order valence-corrected chi connectivity index (χ4v) is 5.97. The molecule has 220 valence electrons. The smallest absolute Gasteiger partial charge is 0.319 e. The highest BCUT2D eigenvalue weighted by Crippen LogP contribution is 2.42. The second-order valence-corrected chi connectivity index (χ2v) is 11.0. The molecule has 2 aliphatic rings. The van der Waals surface area contributed by atoms with Crippen molar-refractivity contribution in [2.75, 3.05) is 57.3 Å². The molecule has 0 radical (unpaired) electrons. The van der Waals surface area contributed by atoms with E-state index in [1.165, 1.54) is 6.08 Å². The first-order valence-electron chi connectivity index (χ1n) is 13.7. The van der Waals surface area contributed by atoms with Crippen molar-refractivity contribution < 1.29 is 22.7 Å². The summed E-state index contributed by atoms with van der Waals surface area (Å²) in [5.74, 6) is -3.10. The third-order valence-corrected chi connectivity index (χ3v) is 8.18. The summed E-state index contributed by atoms with van der Waals surface area (Å²) in [4.78, 5) is 26.4. The number of nitrogens with zero attached hydrogens (tertiary/aromatic N) is 6. The lowest BCUT2D eigenvalue weighted by Crippen LogP contribution is -2.48. The topological polar surface area (TPSA) is 90.5 Å². The minimum atomic E-state index is -2.71. The largest absolute Gasteiger partial charge is 0.462 e. The summed E-state index contributed by atoms with van der Waals surface area (Å²) in [5.41, 5.74) is 2.34. The number of hydrogen-bond donors (Lipinski definition) is 1. The summed E-state index contributed by atoms with van der Waals surface area (Å²) < 4.78 is 49.7. The monoisotopic (exact) mass is 599 g/mol. The molecule has 1 N–H and O–H groups in total. The van der Waals surface area contributed by atoms with Gasteiger partial charge in [-0.1, -0.05) is 24.2 Å². The fourth-order valence-electron chi connectivity index (χ4n) is 5.68. The minimum Gasteiger partial charge on any atom is -0.462 e. The number of halogens is 4. The lowest BCUT2D eigenvalue weighted by Gasteiger charge is -2.35. The first-order valence-corrected chi connectivity index (χ1v) is 14.0. The van der Waals surface area contributed by atoms with E-state index < -0.39 is 11.7 Å². The lowest BCUT2D eigenvalue weighted by molar-refractivity contribution is -0.126. The van der Waals surface area contributed by atoms with Gasteiger partial charge in [0.2, 0.25) is 5.91 Å². The maximum atomic E-state index is 16.6. The van der Waals surface area contributed by atoms with Crippen LogP contribution < -0.4 is 9.64 Å². The maximum absolute atomic E-state index is 16.6. The SMILES string of the molecule is C=CC(=O)N1CCN(c2nc(OCCN3CCC(F)(F)C3)nc3c(F)c(-c4c(C)ccc5[nH]ncc45)c(Cl)cc23)CC1. The average Bonchev–Trinajstić information content (AvgIpc) is 3.59. The molecule has 1 amide bonds. The number of aromatic amines is 1. The number of anilines is 1. The van der Waals surface area contributed by atoms with Crippen molar-refractivity contribution in [3.8, 4) is 17.1 Å². The molecule has 2 saturated heterocycles. The van der Waals surface area contributed by atoms with E-state index in [0.29, 0.717) is 48.3 Å². The van der Waals surface area contributed by atoms with Gasteiger partial charge in [0.15, 0.2) is 5.82 Å². The highest BCUT2D eigenvalue weighted by Gasteiger charge is 2.38. The number of likely N-dealkylation sites (tertiary alicyclic amines) is 1. The van der Waals surface area contributed by atoms with Gasteiger partial charge < -0.3 is 14.5 Å². The van der Waals surface area contributed by atoms with Crippen LogP contribution in [0.3, 0.4) is 0 Å². The van der Waals surface area contributed by atoms with Gasteiger partial charge in [0.05, 0.1) is 23.3 Å². The molecule has 2 aromatic carbocycles. The van der Waals surface area contributed by atoms with E-state index in [2.05, 4.69) is 26.7 Å². The van der Waals surface area contributed by atoms with Crippen molar-refractivity contribution in [3.63, 3.8) is 0 Å². The van der Waals surface area contributed by atoms with E-state index in [4.69, 9.17) is 16.3 Å². The van der Waals surface area contributed by atoms with Crippen LogP contribution in [-0.4, -0.2) is 94.2 Å². The summed E-state index contributed by atoms with van der Waals surface area (Å²) in [5, 5.41) is 8.32. The number of hydrogen-bond acceptors (Lipinski definition) is 7. The Morgan fingerprint density at radius 1 is 1.17 bits per heavy atom. The average molecular weight is 600 g/mol. The van der Waals surface area contributed by atoms with E-state index in [9.17, 15) is 13.6 Å². The molecular formula is C29H29ClF3N7O2. The Morgan fingerprint density at radius 3 is 2.67 bits per heavy atom. The number of amides is 1. The first-order chi connectivity index (χ1) is 20.1. The normalized spacial score (nSPS) is 17.4. The molecule has 0 bridgehead atoms. The Bertz CT molecular complexity index is 1690. The van der Waals surface area contributed by atoms with Gasteiger partial charge in [0.25, 0.3) is 5.92 Å². The molecular weight excluding hydrogens is 571 g/mol. The molecule has 0 saturated carbocycles. The van der Waals surface area contributed by atoms with Crippen molar-refractivity contribution in [2.24, 2.45) is 0 Å². The number of carbonyl (C=O) groups is 1. The van der Waals surface area contributed by atoms with Gasteiger partial charge in [-0.2, -0.15) is 15.1 Å². The number of nitrogens with one attached hydrogen (secondary N) is 1. The lowest BCUT2D eigenvalue weighted by atomic mass is 9.95. The molecule has 2 fully saturated rings. The first kappa shape index (κ1) is 28.2. The highest BCUT2D eigenvalue weighted by atomic mass is 35.5. The van der Waals surface area contributed by atoms with Crippen LogP contribution in [0.2, 0.25) is 5.02 Å². The number of aryl methyl sites for hydroxylation is 1. The molecule has 2 aromatic heterocycles. The molecule has 0 unspecified atom stereocenters. The van der Waals surface area contributed by atoms with Crippen molar-refractivity contribution in [2.45, 2.75) is 19.3 Å². The van der Waals surface area contributed by atoms with Crippen molar-refractivity contribution in [1.82, 2.24) is 30.0 Å². The molecule has 4 heterocycles. The second kappa shape index (κ2) is 11.1. The van der Waals surface area contributed by atoms with Crippen LogP contribution in [0.15, 0.2) is 37.1 Å². The van der Waals surface area contributed by atoms with E-state index in [0.717, 1.165) is 11.1 Å². The number of aromatic nitrogens is 4. The van der Waals surface area contributed by atoms with Gasteiger partial charge in [-0.15, -0.1) is 0 Å². The zero-order valence-electron chi connectivity index (χ0n) is 23.0. The second-order valence-electron chi connectivity index (χ2n) is 10.6. The van der Waals surface area contributed by atoms with Gasteiger partial charge in [-0.05, 0) is 30.7 Å². The van der Waals surface area contributed by atoms with Crippen LogP contribution in [0.4, 0.5) is 19.0 Å². The molecule has 0 atom stereocenters. The number of alkyl halides is 2. The van der Waals surface area contributed by atoms with Crippen LogP contribution in [0.1, 0.15) is 12.0 Å². The van der Waals surface area contributed by atoms with Gasteiger partial charge in [-0.25, -0.2) is 13.2 Å². The summed E-state index contributed by atoms with van der Waals surface area (Å²) in [6.07, 6.45) is 2.71. The Hall–Kier alpha value is -3.90. The van der Waals surface area contributed by atoms with Crippen LogP contribution in [0, 0.1) is 12.7 Å². The molecule has 9 nitrogen and oxygen atoms in total.